The Morgan fingerprint density at radius 3 is 2.71 bits per heavy atom. The number of benzene rings is 2. The van der Waals surface area contributed by atoms with Gasteiger partial charge in [-0.2, -0.15) is 0 Å². The average molecular weight is 400 g/mol. The van der Waals surface area contributed by atoms with Crippen molar-refractivity contribution in [2.75, 3.05) is 38.5 Å². The molecule has 0 bridgehead atoms. The van der Waals surface area contributed by atoms with E-state index in [-0.39, 0.29) is 6.10 Å². The maximum Gasteiger partial charge on any atom is 0.194 e. The van der Waals surface area contributed by atoms with Crippen molar-refractivity contribution in [2.24, 2.45) is 4.99 Å². The Bertz CT molecular complexity index is 810. The van der Waals surface area contributed by atoms with Crippen molar-refractivity contribution in [2.45, 2.75) is 24.8 Å². The fraction of sp³-hybridized carbons (Fsp3) is 0.409. The van der Waals surface area contributed by atoms with Crippen molar-refractivity contribution in [3.8, 4) is 0 Å². The van der Waals surface area contributed by atoms with Gasteiger partial charge < -0.3 is 15.0 Å². The molecule has 0 saturated carbocycles. The molecule has 0 aromatic heterocycles. The second-order valence-electron chi connectivity index (χ2n) is 6.76. The first-order chi connectivity index (χ1) is 13.7. The Morgan fingerprint density at radius 2 is 1.96 bits per heavy atom. The molecule has 1 aliphatic heterocycles. The zero-order valence-corrected chi connectivity index (χ0v) is 17.5. The maximum atomic E-state index is 12.4. The second-order valence-corrected chi connectivity index (χ2v) is 8.33. The van der Waals surface area contributed by atoms with E-state index in [9.17, 15) is 4.21 Å². The highest BCUT2D eigenvalue weighted by Crippen LogP contribution is 2.25. The van der Waals surface area contributed by atoms with E-state index in [4.69, 9.17) is 9.73 Å². The van der Waals surface area contributed by atoms with E-state index in [1.54, 1.807) is 0 Å². The number of nitrogens with zero attached hydrogens (tertiary/aromatic N) is 2. The molecule has 2 aromatic rings. The molecule has 28 heavy (non-hydrogen) atoms. The van der Waals surface area contributed by atoms with E-state index in [0.29, 0.717) is 18.9 Å². The number of nitrogens with one attached hydrogen (secondary N) is 1. The summed E-state index contributed by atoms with van der Waals surface area (Å²) in [5.74, 6) is 1.39. The van der Waals surface area contributed by atoms with E-state index >= 15 is 0 Å². The van der Waals surface area contributed by atoms with Gasteiger partial charge in [0, 0.05) is 23.7 Å². The molecule has 5 nitrogen and oxygen atoms in total. The molecule has 6 heteroatoms. The summed E-state index contributed by atoms with van der Waals surface area (Å²) in [6, 6.07) is 17.9. The van der Waals surface area contributed by atoms with Crippen LogP contribution in [-0.4, -0.2) is 53.6 Å². The van der Waals surface area contributed by atoms with Crippen LogP contribution in [-0.2, 0) is 15.5 Å². The van der Waals surface area contributed by atoms with E-state index in [1.165, 1.54) is 11.1 Å². The quantitative estimate of drug-likeness (QED) is 0.599. The van der Waals surface area contributed by atoms with Gasteiger partial charge in [-0.15, -0.1) is 0 Å². The van der Waals surface area contributed by atoms with E-state index in [0.717, 1.165) is 30.5 Å². The number of ether oxygens (including phenoxy) is 1. The molecule has 2 atom stereocenters. The monoisotopic (exact) mass is 399 g/mol. The van der Waals surface area contributed by atoms with Gasteiger partial charge in [0.2, 0.25) is 0 Å². The van der Waals surface area contributed by atoms with Crippen LogP contribution in [0.1, 0.15) is 24.2 Å². The van der Waals surface area contributed by atoms with Gasteiger partial charge in [-0.1, -0.05) is 42.5 Å². The Labute approximate surface area is 170 Å². The lowest BCUT2D eigenvalue weighted by atomic mass is 10.0. The molecule has 3 rings (SSSR count). The summed E-state index contributed by atoms with van der Waals surface area (Å²) in [5, 5.41) is 3.37. The number of morpholine rings is 1. The standard InChI is InChI=1S/C22H29N3O2S/c1-3-23-22(24-13-16-28(26)19-10-5-4-6-11-19)25-14-15-27-21(17-25)20-12-8-7-9-18(20)2/h4-12,21H,3,13-17H2,1-2H3,(H,23,24). The molecule has 1 heterocycles. The molecular weight excluding hydrogens is 370 g/mol. The van der Waals surface area contributed by atoms with Gasteiger partial charge in [-0.25, -0.2) is 0 Å². The summed E-state index contributed by atoms with van der Waals surface area (Å²) in [7, 11) is -1.03. The minimum Gasteiger partial charge on any atom is -0.370 e. The summed E-state index contributed by atoms with van der Waals surface area (Å²) in [6.07, 6.45) is 0.0391. The fourth-order valence-electron chi connectivity index (χ4n) is 3.33. The average Bonchev–Trinajstić information content (AvgIpc) is 2.74. The lowest BCUT2D eigenvalue weighted by Crippen LogP contribution is -2.48. The van der Waals surface area contributed by atoms with Gasteiger partial charge in [0.05, 0.1) is 30.5 Å². The van der Waals surface area contributed by atoms with Crippen LogP contribution >= 0.6 is 0 Å². The lowest BCUT2D eigenvalue weighted by Gasteiger charge is -2.35. The Hall–Kier alpha value is -2.18. The third kappa shape index (κ3) is 5.42. The van der Waals surface area contributed by atoms with E-state index < -0.39 is 10.8 Å². The van der Waals surface area contributed by atoms with Crippen molar-refractivity contribution < 1.29 is 8.95 Å². The predicted octanol–water partition coefficient (Wildman–Crippen LogP) is 3.14. The molecule has 1 fully saturated rings. The highest BCUT2D eigenvalue weighted by molar-refractivity contribution is 7.85. The first-order valence-electron chi connectivity index (χ1n) is 9.83. The number of rotatable bonds is 6. The van der Waals surface area contributed by atoms with Crippen LogP contribution in [0, 0.1) is 6.92 Å². The minimum absolute atomic E-state index is 0.0391. The van der Waals surface area contributed by atoms with Gasteiger partial charge >= 0.3 is 0 Å². The first-order valence-corrected chi connectivity index (χ1v) is 11.1. The van der Waals surface area contributed by atoms with Crippen LogP contribution in [0.15, 0.2) is 64.5 Å². The third-order valence-electron chi connectivity index (χ3n) is 4.78. The molecule has 2 unspecified atom stereocenters. The highest BCUT2D eigenvalue weighted by Gasteiger charge is 2.25. The van der Waals surface area contributed by atoms with Crippen LogP contribution in [0.4, 0.5) is 0 Å². The lowest BCUT2D eigenvalue weighted by molar-refractivity contribution is -0.00831. The molecule has 0 radical (unpaired) electrons. The number of aryl methyl sites for hydroxylation is 1. The topological polar surface area (TPSA) is 53.9 Å². The van der Waals surface area contributed by atoms with Gasteiger partial charge in [0.1, 0.15) is 6.10 Å². The first kappa shape index (κ1) is 20.6. The number of hydrogen-bond acceptors (Lipinski definition) is 3. The van der Waals surface area contributed by atoms with Crippen LogP contribution < -0.4 is 5.32 Å². The van der Waals surface area contributed by atoms with Crippen molar-refractivity contribution >= 4 is 16.8 Å². The number of aliphatic imine (C=N–C) groups is 1. The second kappa shape index (κ2) is 10.4. The summed E-state index contributed by atoms with van der Waals surface area (Å²) in [5.41, 5.74) is 2.47. The molecule has 1 saturated heterocycles. The Morgan fingerprint density at radius 1 is 1.21 bits per heavy atom. The molecule has 0 aliphatic carbocycles. The fourth-order valence-corrected chi connectivity index (χ4v) is 4.28. The van der Waals surface area contributed by atoms with Crippen molar-refractivity contribution in [3.63, 3.8) is 0 Å². The highest BCUT2D eigenvalue weighted by atomic mass is 32.2. The van der Waals surface area contributed by atoms with Gasteiger partial charge in [0.25, 0.3) is 0 Å². The zero-order chi connectivity index (χ0) is 19.8. The van der Waals surface area contributed by atoms with Crippen molar-refractivity contribution in [3.05, 3.63) is 65.7 Å². The largest absolute Gasteiger partial charge is 0.370 e. The maximum absolute atomic E-state index is 12.4. The molecule has 0 spiro atoms. The van der Waals surface area contributed by atoms with E-state index in [1.807, 2.05) is 30.3 Å². The predicted molar refractivity (Wildman–Crippen MR) is 115 cm³/mol. The summed E-state index contributed by atoms with van der Waals surface area (Å²) < 4.78 is 18.5. The van der Waals surface area contributed by atoms with Crippen LogP contribution in [0.25, 0.3) is 0 Å². The SMILES string of the molecule is CCNC(=NCCS(=O)c1ccccc1)N1CCOC(c2ccccc2C)C1. The molecule has 0 amide bonds. The summed E-state index contributed by atoms with van der Waals surface area (Å²) in [6.45, 7) is 7.74. The molecular formula is C22H29N3O2S. The smallest absolute Gasteiger partial charge is 0.194 e. The zero-order valence-electron chi connectivity index (χ0n) is 16.6. The third-order valence-corrected chi connectivity index (χ3v) is 6.13. The van der Waals surface area contributed by atoms with Crippen LogP contribution in [0.2, 0.25) is 0 Å². The number of guanidine groups is 1. The Kier molecular flexibility index (Phi) is 7.62. The van der Waals surface area contributed by atoms with Crippen molar-refractivity contribution in [1.29, 1.82) is 0 Å². The molecule has 1 aliphatic rings. The summed E-state index contributed by atoms with van der Waals surface area (Å²) >= 11 is 0. The van der Waals surface area contributed by atoms with Crippen LogP contribution in [0.5, 0.6) is 0 Å². The van der Waals surface area contributed by atoms with E-state index in [2.05, 4.69) is 48.3 Å². The molecule has 1 N–H and O–H groups in total. The normalized spacial score (nSPS) is 18.7. The van der Waals surface area contributed by atoms with Gasteiger partial charge in [-0.05, 0) is 37.1 Å². The van der Waals surface area contributed by atoms with Crippen LogP contribution in [0.3, 0.4) is 0 Å². The number of hydrogen-bond donors (Lipinski definition) is 1. The molecule has 2 aromatic carbocycles. The summed E-state index contributed by atoms with van der Waals surface area (Å²) in [4.78, 5) is 7.84. The Balaban J connectivity index is 1.64. The van der Waals surface area contributed by atoms with Gasteiger partial charge in [-0.3, -0.25) is 9.20 Å². The van der Waals surface area contributed by atoms with Gasteiger partial charge in [0.15, 0.2) is 5.96 Å². The van der Waals surface area contributed by atoms with Crippen molar-refractivity contribution in [1.82, 2.24) is 10.2 Å². The molecule has 150 valence electrons. The minimum atomic E-state index is -1.03.